The van der Waals surface area contributed by atoms with E-state index < -0.39 is 0 Å². The van der Waals surface area contributed by atoms with Crippen LogP contribution in [0.2, 0.25) is 10.0 Å². The Bertz CT molecular complexity index is 1170. The molecule has 0 bridgehead atoms. The summed E-state index contributed by atoms with van der Waals surface area (Å²) in [7, 11) is 0. The lowest BCUT2D eigenvalue weighted by molar-refractivity contribution is -0.118. The maximum absolute atomic E-state index is 12.4. The summed E-state index contributed by atoms with van der Waals surface area (Å²) in [4.78, 5) is 24.6. The molecule has 0 saturated heterocycles. The molecule has 5 nitrogen and oxygen atoms in total. The molecule has 1 amide bonds. The second-order valence-corrected chi connectivity index (χ2v) is 7.98. The molecule has 0 saturated carbocycles. The number of ether oxygens (including phenoxy) is 2. The van der Waals surface area contributed by atoms with E-state index in [-0.39, 0.29) is 18.3 Å². The van der Waals surface area contributed by atoms with Crippen LogP contribution in [0.4, 0.5) is 5.69 Å². The van der Waals surface area contributed by atoms with Crippen LogP contribution in [-0.4, -0.2) is 24.9 Å². The van der Waals surface area contributed by atoms with Crippen molar-refractivity contribution < 1.29 is 19.1 Å². The quantitative estimate of drug-likeness (QED) is 0.274. The number of nitrogens with one attached hydrogen (secondary N) is 1. The minimum atomic E-state index is -0.280. The molecular formula is C26H23Cl2NO4. The Labute approximate surface area is 202 Å². The predicted octanol–water partition coefficient (Wildman–Crippen LogP) is 6.61. The summed E-state index contributed by atoms with van der Waals surface area (Å²) in [6.07, 6.45) is 3.11. The number of carbonyl (C=O) groups is 2. The third kappa shape index (κ3) is 7.11. The van der Waals surface area contributed by atoms with Gasteiger partial charge in [0.15, 0.2) is 23.9 Å². The van der Waals surface area contributed by atoms with E-state index in [0.29, 0.717) is 39.4 Å². The number of anilines is 1. The SMILES string of the molecule is CCOc1cc(/C=C/C(=O)c2ccc(Cl)c(Cl)c2)ccc1OCC(=O)Nc1ccc(C)cc1. The van der Waals surface area contributed by atoms with Crippen molar-refractivity contribution in [2.75, 3.05) is 18.5 Å². The van der Waals surface area contributed by atoms with E-state index in [4.69, 9.17) is 32.7 Å². The number of benzene rings is 3. The monoisotopic (exact) mass is 483 g/mol. The van der Waals surface area contributed by atoms with Crippen LogP contribution in [0.3, 0.4) is 0 Å². The molecule has 0 aliphatic heterocycles. The normalized spacial score (nSPS) is 10.8. The molecule has 170 valence electrons. The Balaban J connectivity index is 1.65. The van der Waals surface area contributed by atoms with E-state index in [1.807, 2.05) is 38.1 Å². The van der Waals surface area contributed by atoms with Gasteiger partial charge in [0, 0.05) is 11.3 Å². The number of carbonyl (C=O) groups excluding carboxylic acids is 2. The highest BCUT2D eigenvalue weighted by atomic mass is 35.5. The largest absolute Gasteiger partial charge is 0.490 e. The lowest BCUT2D eigenvalue weighted by atomic mass is 10.1. The molecule has 7 heteroatoms. The van der Waals surface area contributed by atoms with Gasteiger partial charge in [-0.25, -0.2) is 0 Å². The first-order valence-corrected chi connectivity index (χ1v) is 11.0. The zero-order chi connectivity index (χ0) is 23.8. The number of hydrogen-bond acceptors (Lipinski definition) is 4. The molecule has 0 heterocycles. The van der Waals surface area contributed by atoms with Crippen LogP contribution < -0.4 is 14.8 Å². The van der Waals surface area contributed by atoms with Crippen molar-refractivity contribution in [3.8, 4) is 11.5 Å². The van der Waals surface area contributed by atoms with Gasteiger partial charge >= 0.3 is 0 Å². The number of aryl methyl sites for hydroxylation is 1. The first-order valence-electron chi connectivity index (χ1n) is 10.3. The maximum atomic E-state index is 12.4. The zero-order valence-corrected chi connectivity index (χ0v) is 19.7. The third-order valence-electron chi connectivity index (χ3n) is 4.59. The van der Waals surface area contributed by atoms with Crippen molar-refractivity contribution in [2.24, 2.45) is 0 Å². The number of amides is 1. The number of halogens is 2. The third-order valence-corrected chi connectivity index (χ3v) is 5.33. The van der Waals surface area contributed by atoms with Gasteiger partial charge in [-0.15, -0.1) is 0 Å². The van der Waals surface area contributed by atoms with Gasteiger partial charge in [0.05, 0.1) is 16.7 Å². The van der Waals surface area contributed by atoms with Crippen LogP contribution in [0.1, 0.15) is 28.4 Å². The van der Waals surface area contributed by atoms with Crippen molar-refractivity contribution in [1.29, 1.82) is 0 Å². The van der Waals surface area contributed by atoms with Crippen LogP contribution in [0.25, 0.3) is 6.08 Å². The van der Waals surface area contributed by atoms with Crippen molar-refractivity contribution in [3.05, 3.63) is 93.5 Å². The van der Waals surface area contributed by atoms with Crippen LogP contribution in [0.15, 0.2) is 66.7 Å². The molecule has 1 N–H and O–H groups in total. The second kappa shape index (κ2) is 11.5. The fourth-order valence-corrected chi connectivity index (χ4v) is 3.21. The summed E-state index contributed by atoms with van der Waals surface area (Å²) in [6, 6.07) is 17.4. The fraction of sp³-hybridized carbons (Fsp3) is 0.154. The van der Waals surface area contributed by atoms with Crippen LogP contribution in [0.5, 0.6) is 11.5 Å². The molecule has 0 aliphatic rings. The molecule has 0 unspecified atom stereocenters. The standard InChI is InChI=1S/C26H23Cl2NO4/c1-3-32-25-14-18(6-12-23(30)19-8-11-21(27)22(28)15-19)7-13-24(25)33-16-26(31)29-20-9-4-17(2)5-10-20/h4-15H,3,16H2,1-2H3,(H,29,31)/b12-6+. The summed E-state index contributed by atoms with van der Waals surface area (Å²) < 4.78 is 11.3. The molecule has 0 aliphatic carbocycles. The minimum absolute atomic E-state index is 0.168. The van der Waals surface area contributed by atoms with Crippen molar-refractivity contribution in [1.82, 2.24) is 0 Å². The highest BCUT2D eigenvalue weighted by Gasteiger charge is 2.10. The fourth-order valence-electron chi connectivity index (χ4n) is 2.91. The Morgan fingerprint density at radius 2 is 1.67 bits per heavy atom. The summed E-state index contributed by atoms with van der Waals surface area (Å²) in [5.74, 6) is 0.422. The van der Waals surface area contributed by atoms with Gasteiger partial charge in [-0.3, -0.25) is 9.59 Å². The van der Waals surface area contributed by atoms with Gasteiger partial charge in [-0.2, -0.15) is 0 Å². The Morgan fingerprint density at radius 3 is 2.36 bits per heavy atom. The van der Waals surface area contributed by atoms with Crippen molar-refractivity contribution >= 4 is 46.7 Å². The Morgan fingerprint density at radius 1 is 0.909 bits per heavy atom. The molecular weight excluding hydrogens is 461 g/mol. The average Bonchev–Trinajstić information content (AvgIpc) is 2.80. The molecule has 0 spiro atoms. The van der Waals surface area contributed by atoms with Gasteiger partial charge in [0.1, 0.15) is 0 Å². The van der Waals surface area contributed by atoms with E-state index in [1.54, 1.807) is 36.4 Å². The van der Waals surface area contributed by atoms with Gasteiger partial charge in [-0.1, -0.05) is 53.0 Å². The molecule has 0 radical (unpaired) electrons. The summed E-state index contributed by atoms with van der Waals surface area (Å²) in [5, 5.41) is 3.50. The number of allylic oxidation sites excluding steroid dienone is 1. The molecule has 0 atom stereocenters. The van der Waals surface area contributed by atoms with E-state index in [1.165, 1.54) is 12.1 Å². The lowest BCUT2D eigenvalue weighted by Crippen LogP contribution is -2.20. The van der Waals surface area contributed by atoms with Crippen LogP contribution in [-0.2, 0) is 4.79 Å². The Kier molecular flexibility index (Phi) is 8.52. The molecule has 0 fully saturated rings. The van der Waals surface area contributed by atoms with E-state index in [9.17, 15) is 9.59 Å². The van der Waals surface area contributed by atoms with E-state index in [0.717, 1.165) is 11.1 Å². The van der Waals surface area contributed by atoms with Gasteiger partial charge in [-0.05, 0) is 68.0 Å². The van der Waals surface area contributed by atoms with Crippen molar-refractivity contribution in [2.45, 2.75) is 13.8 Å². The maximum Gasteiger partial charge on any atom is 0.262 e. The second-order valence-electron chi connectivity index (χ2n) is 7.17. The highest BCUT2D eigenvalue weighted by Crippen LogP contribution is 2.29. The van der Waals surface area contributed by atoms with Crippen LogP contribution in [0, 0.1) is 6.92 Å². The molecule has 3 aromatic rings. The Hall–Kier alpha value is -3.28. The summed E-state index contributed by atoms with van der Waals surface area (Å²) in [6.45, 7) is 4.08. The minimum Gasteiger partial charge on any atom is -0.490 e. The summed E-state index contributed by atoms with van der Waals surface area (Å²) >= 11 is 11.9. The number of hydrogen-bond donors (Lipinski definition) is 1. The van der Waals surface area contributed by atoms with Crippen LogP contribution >= 0.6 is 23.2 Å². The highest BCUT2D eigenvalue weighted by molar-refractivity contribution is 6.42. The van der Waals surface area contributed by atoms with Gasteiger partial charge in [0.2, 0.25) is 0 Å². The van der Waals surface area contributed by atoms with Crippen molar-refractivity contribution in [3.63, 3.8) is 0 Å². The van der Waals surface area contributed by atoms with Gasteiger partial charge < -0.3 is 14.8 Å². The molecule has 3 aromatic carbocycles. The first-order chi connectivity index (χ1) is 15.9. The molecule has 33 heavy (non-hydrogen) atoms. The lowest BCUT2D eigenvalue weighted by Gasteiger charge is -2.13. The molecule has 3 rings (SSSR count). The van der Waals surface area contributed by atoms with E-state index in [2.05, 4.69) is 5.32 Å². The summed E-state index contributed by atoms with van der Waals surface area (Å²) in [5.41, 5.74) is 2.98. The van der Waals surface area contributed by atoms with E-state index >= 15 is 0 Å². The average molecular weight is 484 g/mol. The predicted molar refractivity (Wildman–Crippen MR) is 133 cm³/mol. The number of rotatable bonds is 9. The molecule has 0 aromatic heterocycles. The van der Waals surface area contributed by atoms with Gasteiger partial charge in [0.25, 0.3) is 5.91 Å². The number of ketones is 1. The first kappa shape index (κ1) is 24.4. The smallest absolute Gasteiger partial charge is 0.262 e. The zero-order valence-electron chi connectivity index (χ0n) is 18.2. The topological polar surface area (TPSA) is 64.6 Å².